The second kappa shape index (κ2) is 7.61. The van der Waals surface area contributed by atoms with Crippen molar-refractivity contribution in [2.75, 3.05) is 11.4 Å². The highest BCUT2D eigenvalue weighted by atomic mass is 16.3. The van der Waals surface area contributed by atoms with Gasteiger partial charge in [-0.3, -0.25) is 5.32 Å². The molecule has 0 saturated carbocycles. The number of aromatic nitrogens is 1. The summed E-state index contributed by atoms with van der Waals surface area (Å²) in [7, 11) is 0. The fraction of sp³-hybridized carbons (Fsp3) is 0.125. The van der Waals surface area contributed by atoms with Crippen molar-refractivity contribution in [1.29, 1.82) is 0 Å². The van der Waals surface area contributed by atoms with Crippen LogP contribution in [0.25, 0.3) is 33.1 Å². The second-order valence-corrected chi connectivity index (χ2v) is 9.74. The second-order valence-electron chi connectivity index (χ2n) is 9.74. The number of furan rings is 1. The number of hydrogen-bond acceptors (Lipinski definition) is 3. The molecule has 0 fully saturated rings. The molecule has 6 aromatic rings. The first-order valence-corrected chi connectivity index (χ1v) is 12.6. The Morgan fingerprint density at radius 3 is 2.64 bits per heavy atom. The Hall–Kier alpha value is -4.28. The van der Waals surface area contributed by atoms with Gasteiger partial charge in [0.25, 0.3) is 0 Å². The molecule has 4 heterocycles. The van der Waals surface area contributed by atoms with Gasteiger partial charge in [0, 0.05) is 47.0 Å². The molecule has 0 aliphatic carbocycles. The molecule has 4 heteroatoms. The molecular formula is C32H24N3O. The van der Waals surface area contributed by atoms with Crippen LogP contribution in [0.15, 0.2) is 95.4 Å². The van der Waals surface area contributed by atoms with Crippen LogP contribution in [-0.4, -0.2) is 11.5 Å². The zero-order valence-electron chi connectivity index (χ0n) is 19.7. The lowest BCUT2D eigenvalue weighted by molar-refractivity contribution is 0.489. The van der Waals surface area contributed by atoms with Gasteiger partial charge in [0.05, 0.1) is 17.1 Å². The molecule has 4 aromatic carbocycles. The molecular weight excluding hydrogens is 442 g/mol. The summed E-state index contributed by atoms with van der Waals surface area (Å²) in [5, 5.41) is 5.87. The summed E-state index contributed by atoms with van der Waals surface area (Å²) >= 11 is 0. The highest BCUT2D eigenvalue weighted by Crippen LogP contribution is 2.46. The van der Waals surface area contributed by atoms with Crippen LogP contribution in [0.5, 0.6) is 0 Å². The predicted octanol–water partition coefficient (Wildman–Crippen LogP) is 7.27. The lowest BCUT2D eigenvalue weighted by Gasteiger charge is -2.23. The number of aromatic amines is 1. The summed E-state index contributed by atoms with van der Waals surface area (Å²) in [5.74, 6) is 0.845. The van der Waals surface area contributed by atoms with E-state index in [1.54, 1.807) is 0 Å². The largest absolute Gasteiger partial charge is 0.458 e. The molecule has 173 valence electrons. The smallest absolute Gasteiger partial charge is 0.137 e. The minimum absolute atomic E-state index is 0.0174. The maximum atomic E-state index is 6.49. The normalized spacial score (nSPS) is 16.7. The van der Waals surface area contributed by atoms with Gasteiger partial charge in [-0.05, 0) is 53.4 Å². The molecule has 2 N–H and O–H groups in total. The Morgan fingerprint density at radius 2 is 1.69 bits per heavy atom. The lowest BCUT2D eigenvalue weighted by atomic mass is 10.0. The Morgan fingerprint density at radius 1 is 0.861 bits per heavy atom. The number of rotatable bonds is 3. The molecule has 36 heavy (non-hydrogen) atoms. The minimum Gasteiger partial charge on any atom is -0.458 e. The van der Waals surface area contributed by atoms with Gasteiger partial charge in [0.1, 0.15) is 11.3 Å². The summed E-state index contributed by atoms with van der Waals surface area (Å²) < 4.78 is 6.49. The fourth-order valence-corrected chi connectivity index (χ4v) is 6.00. The molecule has 0 spiro atoms. The van der Waals surface area contributed by atoms with Gasteiger partial charge in [-0.25, -0.2) is 0 Å². The third kappa shape index (κ3) is 2.91. The van der Waals surface area contributed by atoms with Crippen LogP contribution in [0.1, 0.15) is 28.5 Å². The summed E-state index contributed by atoms with van der Waals surface area (Å²) in [5.41, 5.74) is 10.7. The van der Waals surface area contributed by atoms with E-state index >= 15 is 0 Å². The summed E-state index contributed by atoms with van der Waals surface area (Å²) in [6.45, 7) is 1.78. The van der Waals surface area contributed by atoms with Crippen molar-refractivity contribution < 1.29 is 4.42 Å². The van der Waals surface area contributed by atoms with E-state index < -0.39 is 0 Å². The highest BCUT2D eigenvalue weighted by molar-refractivity contribution is 6.03. The van der Waals surface area contributed by atoms with Gasteiger partial charge in [-0.15, -0.1) is 0 Å². The average Bonchev–Trinajstić information content (AvgIpc) is 3.71. The summed E-state index contributed by atoms with van der Waals surface area (Å²) in [6.07, 6.45) is 1.03. The molecule has 1 unspecified atom stereocenters. The zero-order chi connectivity index (χ0) is 23.6. The third-order valence-electron chi connectivity index (χ3n) is 7.71. The van der Waals surface area contributed by atoms with Gasteiger partial charge < -0.3 is 14.3 Å². The van der Waals surface area contributed by atoms with E-state index in [1.165, 1.54) is 33.3 Å². The van der Waals surface area contributed by atoms with Crippen molar-refractivity contribution >= 4 is 33.2 Å². The Balaban J connectivity index is 1.36. The summed E-state index contributed by atoms with van der Waals surface area (Å²) in [6, 6.07) is 36.0. The lowest BCUT2D eigenvalue weighted by Crippen LogP contribution is -2.15. The number of nitrogens with zero attached hydrogens (tertiary/aromatic N) is 1. The number of hydrogen-bond donors (Lipinski definition) is 2. The van der Waals surface area contributed by atoms with E-state index in [4.69, 9.17) is 4.42 Å². The van der Waals surface area contributed by atoms with Gasteiger partial charge in [0.2, 0.25) is 0 Å². The standard InChI is InChI=1S/C32H24N3O/c1-4-10-23-22(9-1)19-33-31(23)30-18-25-29(36-30)14-13-24(27-17-21-8-2-5-11-26(21)34-27)32(25)35-16-15-20-7-3-6-12-28(20)35/h1-14,17,31,33-34H,15-16,19H2. The van der Waals surface area contributed by atoms with E-state index in [0.29, 0.717) is 0 Å². The first kappa shape index (κ1) is 20.0. The average molecular weight is 467 g/mol. The molecule has 2 aromatic heterocycles. The first-order valence-electron chi connectivity index (χ1n) is 12.6. The molecule has 0 saturated heterocycles. The maximum Gasteiger partial charge on any atom is 0.137 e. The van der Waals surface area contributed by atoms with Crippen LogP contribution in [0.4, 0.5) is 11.4 Å². The van der Waals surface area contributed by atoms with Crippen LogP contribution in [-0.2, 0) is 13.0 Å². The molecule has 0 bridgehead atoms. The van der Waals surface area contributed by atoms with Crippen molar-refractivity contribution in [1.82, 2.24) is 10.3 Å². The first-order chi connectivity index (χ1) is 17.8. The van der Waals surface area contributed by atoms with Crippen LogP contribution in [0.3, 0.4) is 0 Å². The monoisotopic (exact) mass is 466 g/mol. The molecule has 0 amide bonds. The van der Waals surface area contributed by atoms with Gasteiger partial charge in [0.15, 0.2) is 0 Å². The number of H-pyrrole nitrogens is 1. The van der Waals surface area contributed by atoms with Crippen LogP contribution < -0.4 is 10.2 Å². The molecule has 4 nitrogen and oxygen atoms in total. The zero-order valence-corrected chi connectivity index (χ0v) is 19.7. The molecule has 1 atom stereocenters. The van der Waals surface area contributed by atoms with E-state index in [9.17, 15) is 0 Å². The third-order valence-corrected chi connectivity index (χ3v) is 7.71. The minimum atomic E-state index is 0.0174. The Kier molecular flexibility index (Phi) is 4.22. The molecule has 2 aliphatic rings. The van der Waals surface area contributed by atoms with Gasteiger partial charge in [-0.1, -0.05) is 60.7 Å². The van der Waals surface area contributed by atoms with Crippen molar-refractivity contribution in [2.45, 2.75) is 19.0 Å². The van der Waals surface area contributed by atoms with E-state index in [1.807, 2.05) is 0 Å². The van der Waals surface area contributed by atoms with Crippen LogP contribution in [0, 0.1) is 6.07 Å². The van der Waals surface area contributed by atoms with Crippen LogP contribution in [0.2, 0.25) is 0 Å². The van der Waals surface area contributed by atoms with E-state index in [0.717, 1.165) is 53.1 Å². The number of fused-ring (bicyclic) bond motifs is 4. The van der Waals surface area contributed by atoms with Crippen molar-refractivity contribution in [3.63, 3.8) is 0 Å². The molecule has 1 radical (unpaired) electrons. The highest BCUT2D eigenvalue weighted by Gasteiger charge is 2.30. The van der Waals surface area contributed by atoms with E-state index in [2.05, 4.69) is 112 Å². The maximum absolute atomic E-state index is 6.49. The van der Waals surface area contributed by atoms with E-state index in [-0.39, 0.29) is 6.04 Å². The Bertz CT molecular complexity index is 1740. The topological polar surface area (TPSA) is 44.2 Å². The van der Waals surface area contributed by atoms with Gasteiger partial charge >= 0.3 is 0 Å². The van der Waals surface area contributed by atoms with Crippen molar-refractivity contribution in [2.24, 2.45) is 0 Å². The number of benzene rings is 4. The SMILES string of the molecule is [c]1c(C2NCc3ccccc32)oc2ccc(-c3cc4ccccc4[nH]3)c(N3CCc4ccccc43)c12. The fourth-order valence-electron chi connectivity index (χ4n) is 6.00. The Labute approximate surface area is 209 Å². The molecule has 8 rings (SSSR count). The predicted molar refractivity (Wildman–Crippen MR) is 145 cm³/mol. The quantitative estimate of drug-likeness (QED) is 0.288. The van der Waals surface area contributed by atoms with Crippen molar-refractivity contribution in [3.05, 3.63) is 120 Å². The molecule has 2 aliphatic heterocycles. The number of nitrogens with one attached hydrogen (secondary N) is 2. The van der Waals surface area contributed by atoms with Crippen molar-refractivity contribution in [3.8, 4) is 11.3 Å². The number of para-hydroxylation sites is 2. The van der Waals surface area contributed by atoms with Crippen LogP contribution >= 0.6 is 0 Å². The number of anilines is 2. The summed E-state index contributed by atoms with van der Waals surface area (Å²) in [4.78, 5) is 6.10. The van der Waals surface area contributed by atoms with Gasteiger partial charge in [-0.2, -0.15) is 0 Å².